The molecule has 1 heterocycles. The van der Waals surface area contributed by atoms with Gasteiger partial charge in [-0.05, 0) is 31.6 Å². The van der Waals surface area contributed by atoms with Crippen molar-refractivity contribution in [1.29, 1.82) is 0 Å². The topological polar surface area (TPSA) is 86.7 Å². The minimum atomic E-state index is -1.18. The average molecular weight is 298 g/mol. The first-order chi connectivity index (χ1) is 9.43. The highest BCUT2D eigenvalue weighted by Crippen LogP contribution is 2.33. The number of carboxylic acid groups (broad SMARTS) is 1. The molecule has 0 aromatic rings. The second-order valence-corrected chi connectivity index (χ2v) is 7.52. The summed E-state index contributed by atoms with van der Waals surface area (Å²) in [5.74, 6) is -1.19. The van der Waals surface area contributed by atoms with Crippen molar-refractivity contribution in [3.63, 3.8) is 0 Å². The van der Waals surface area contributed by atoms with Gasteiger partial charge < -0.3 is 10.0 Å². The highest BCUT2D eigenvalue weighted by molar-refractivity contribution is 5.96. The molecule has 1 saturated heterocycles. The van der Waals surface area contributed by atoms with E-state index >= 15 is 0 Å². The van der Waals surface area contributed by atoms with Crippen LogP contribution in [0.1, 0.15) is 47.5 Å². The van der Waals surface area contributed by atoms with Gasteiger partial charge in [0.1, 0.15) is 0 Å². The molecule has 0 spiro atoms. The molecular weight excluding hydrogens is 272 g/mol. The SMILES string of the molecule is CC(C)(CC(=O)NC(=O)N1CCC(C(C)(C)C)C1)C(=O)O. The molecule has 0 aliphatic carbocycles. The summed E-state index contributed by atoms with van der Waals surface area (Å²) >= 11 is 0. The summed E-state index contributed by atoms with van der Waals surface area (Å²) in [6.07, 6.45) is 0.705. The zero-order valence-corrected chi connectivity index (χ0v) is 13.5. The molecule has 1 fully saturated rings. The van der Waals surface area contributed by atoms with Crippen molar-refractivity contribution in [3.8, 4) is 0 Å². The van der Waals surface area contributed by atoms with E-state index in [4.69, 9.17) is 5.11 Å². The molecule has 1 unspecified atom stereocenters. The lowest BCUT2D eigenvalue weighted by molar-refractivity contribution is -0.149. The maximum Gasteiger partial charge on any atom is 0.324 e. The van der Waals surface area contributed by atoms with Gasteiger partial charge in [0.2, 0.25) is 5.91 Å². The van der Waals surface area contributed by atoms with Gasteiger partial charge in [-0.15, -0.1) is 0 Å². The van der Waals surface area contributed by atoms with Crippen LogP contribution < -0.4 is 5.32 Å². The third kappa shape index (κ3) is 4.72. The molecular formula is C15H26N2O4. The Morgan fingerprint density at radius 2 is 1.76 bits per heavy atom. The number of carbonyl (C=O) groups excluding carboxylic acids is 2. The fraction of sp³-hybridized carbons (Fsp3) is 0.800. The molecule has 1 aliphatic heterocycles. The zero-order valence-electron chi connectivity index (χ0n) is 13.5. The molecule has 0 radical (unpaired) electrons. The van der Waals surface area contributed by atoms with Crippen LogP contribution in [-0.2, 0) is 9.59 Å². The number of urea groups is 1. The molecule has 1 atom stereocenters. The number of nitrogens with zero attached hydrogens (tertiary/aromatic N) is 1. The Balaban J connectivity index is 2.52. The predicted molar refractivity (Wildman–Crippen MR) is 78.7 cm³/mol. The normalized spacial score (nSPS) is 19.5. The van der Waals surface area contributed by atoms with E-state index in [1.165, 1.54) is 13.8 Å². The monoisotopic (exact) mass is 298 g/mol. The summed E-state index contributed by atoms with van der Waals surface area (Å²) in [4.78, 5) is 36.4. The van der Waals surface area contributed by atoms with Gasteiger partial charge in [0.05, 0.1) is 5.41 Å². The molecule has 1 aliphatic rings. The first-order valence-electron chi connectivity index (χ1n) is 7.25. The van der Waals surface area contributed by atoms with Crippen LogP contribution in [-0.4, -0.2) is 41.0 Å². The van der Waals surface area contributed by atoms with E-state index in [0.29, 0.717) is 19.0 Å². The number of nitrogens with one attached hydrogen (secondary N) is 1. The molecule has 1 rings (SSSR count). The quantitative estimate of drug-likeness (QED) is 0.835. The minimum absolute atomic E-state index is 0.129. The van der Waals surface area contributed by atoms with Gasteiger partial charge in [0.25, 0.3) is 0 Å². The standard InChI is InChI=1S/C15H26N2O4/c1-14(2,3)10-6-7-17(9-10)13(21)16-11(18)8-15(4,5)12(19)20/h10H,6-9H2,1-5H3,(H,19,20)(H,16,18,21). The van der Waals surface area contributed by atoms with Crippen LogP contribution >= 0.6 is 0 Å². The van der Waals surface area contributed by atoms with Crippen molar-refractivity contribution in [3.05, 3.63) is 0 Å². The van der Waals surface area contributed by atoms with Gasteiger partial charge in [-0.1, -0.05) is 20.8 Å². The number of rotatable bonds is 3. The Kier molecular flexibility index (Phi) is 5.02. The van der Waals surface area contributed by atoms with Crippen molar-refractivity contribution in [2.24, 2.45) is 16.7 Å². The lowest BCUT2D eigenvalue weighted by Gasteiger charge is -2.27. The maximum absolute atomic E-state index is 12.0. The van der Waals surface area contributed by atoms with Crippen molar-refractivity contribution in [1.82, 2.24) is 10.2 Å². The zero-order chi connectivity index (χ0) is 16.4. The molecule has 3 amide bonds. The predicted octanol–water partition coefficient (Wildman–Crippen LogP) is 2.09. The van der Waals surface area contributed by atoms with E-state index in [0.717, 1.165) is 6.42 Å². The summed E-state index contributed by atoms with van der Waals surface area (Å²) < 4.78 is 0. The van der Waals surface area contributed by atoms with Crippen LogP contribution in [0.25, 0.3) is 0 Å². The van der Waals surface area contributed by atoms with Crippen LogP contribution in [0.4, 0.5) is 4.79 Å². The van der Waals surface area contributed by atoms with Gasteiger partial charge in [0.15, 0.2) is 0 Å². The largest absolute Gasteiger partial charge is 0.481 e. The summed E-state index contributed by atoms with van der Waals surface area (Å²) in [6, 6.07) is -0.423. The molecule has 0 saturated carbocycles. The molecule has 6 nitrogen and oxygen atoms in total. The van der Waals surface area contributed by atoms with Crippen LogP contribution in [0.2, 0.25) is 0 Å². The van der Waals surface area contributed by atoms with Crippen LogP contribution in [0, 0.1) is 16.7 Å². The van der Waals surface area contributed by atoms with Crippen molar-refractivity contribution in [2.45, 2.75) is 47.5 Å². The summed E-state index contributed by atoms with van der Waals surface area (Å²) in [6.45, 7) is 10.6. The lowest BCUT2D eigenvalue weighted by atomic mass is 9.80. The van der Waals surface area contributed by atoms with E-state index in [9.17, 15) is 14.4 Å². The molecule has 21 heavy (non-hydrogen) atoms. The van der Waals surface area contributed by atoms with E-state index in [-0.39, 0.29) is 11.8 Å². The van der Waals surface area contributed by atoms with Crippen molar-refractivity contribution in [2.75, 3.05) is 13.1 Å². The van der Waals surface area contributed by atoms with Gasteiger partial charge in [-0.2, -0.15) is 0 Å². The van der Waals surface area contributed by atoms with Crippen molar-refractivity contribution >= 4 is 17.9 Å². The number of hydrogen-bond acceptors (Lipinski definition) is 3. The number of amides is 3. The minimum Gasteiger partial charge on any atom is -0.481 e. The molecule has 120 valence electrons. The fourth-order valence-corrected chi connectivity index (χ4v) is 2.37. The van der Waals surface area contributed by atoms with E-state index in [2.05, 4.69) is 26.1 Å². The van der Waals surface area contributed by atoms with Crippen LogP contribution in [0.3, 0.4) is 0 Å². The second kappa shape index (κ2) is 6.03. The summed E-state index contributed by atoms with van der Waals surface area (Å²) in [5, 5.41) is 11.3. The van der Waals surface area contributed by atoms with E-state index < -0.39 is 23.3 Å². The number of aliphatic carboxylic acids is 1. The van der Waals surface area contributed by atoms with Gasteiger partial charge in [-0.25, -0.2) is 4.79 Å². The first kappa shape index (κ1) is 17.5. The third-order valence-electron chi connectivity index (χ3n) is 4.13. The number of carbonyl (C=O) groups is 3. The van der Waals surface area contributed by atoms with Crippen LogP contribution in [0.5, 0.6) is 0 Å². The Bertz CT molecular complexity index is 437. The third-order valence-corrected chi connectivity index (χ3v) is 4.13. The molecule has 0 bridgehead atoms. The summed E-state index contributed by atoms with van der Waals surface area (Å²) in [5.41, 5.74) is -1.05. The first-order valence-corrected chi connectivity index (χ1v) is 7.25. The lowest BCUT2D eigenvalue weighted by Crippen LogP contribution is -2.44. The molecule has 0 aromatic heterocycles. The number of carboxylic acids is 1. The van der Waals surface area contributed by atoms with Gasteiger partial charge >= 0.3 is 12.0 Å². The number of imide groups is 1. The van der Waals surface area contributed by atoms with E-state index in [1.807, 2.05) is 0 Å². The Hall–Kier alpha value is -1.59. The van der Waals surface area contributed by atoms with Gasteiger partial charge in [0, 0.05) is 19.5 Å². The second-order valence-electron chi connectivity index (χ2n) is 7.52. The smallest absolute Gasteiger partial charge is 0.324 e. The number of hydrogen-bond donors (Lipinski definition) is 2. The molecule has 6 heteroatoms. The summed E-state index contributed by atoms with van der Waals surface area (Å²) in [7, 11) is 0. The fourth-order valence-electron chi connectivity index (χ4n) is 2.37. The van der Waals surface area contributed by atoms with Crippen LogP contribution in [0.15, 0.2) is 0 Å². The van der Waals surface area contributed by atoms with E-state index in [1.54, 1.807) is 4.90 Å². The maximum atomic E-state index is 12.0. The Morgan fingerprint density at radius 1 is 1.19 bits per heavy atom. The molecule has 2 N–H and O–H groups in total. The Labute approximate surface area is 125 Å². The van der Waals surface area contributed by atoms with Crippen molar-refractivity contribution < 1.29 is 19.5 Å². The van der Waals surface area contributed by atoms with Gasteiger partial charge in [-0.3, -0.25) is 14.9 Å². The molecule has 0 aromatic carbocycles. The highest BCUT2D eigenvalue weighted by Gasteiger charge is 2.35. The Morgan fingerprint density at radius 3 is 2.19 bits per heavy atom. The average Bonchev–Trinajstić information content (AvgIpc) is 2.76. The number of likely N-dealkylation sites (tertiary alicyclic amines) is 1. The highest BCUT2D eigenvalue weighted by atomic mass is 16.4.